The minimum Gasteiger partial charge on any atom is -0.0654 e. The maximum atomic E-state index is 13.6. The van der Waals surface area contributed by atoms with Gasteiger partial charge < -0.3 is 0 Å². The third-order valence-corrected chi connectivity index (χ3v) is 24.0. The number of carbonyl (C=O) groups is 2. The van der Waals surface area contributed by atoms with E-state index in [1.807, 2.05) is 0 Å². The van der Waals surface area contributed by atoms with Gasteiger partial charge in [0.1, 0.15) is 0 Å². The van der Waals surface area contributed by atoms with Crippen molar-refractivity contribution in [2.75, 3.05) is 23.0 Å². The molecule has 7 heteroatoms. The number of thioether (sulfide) groups is 2. The molecule has 59 heavy (non-hydrogen) atoms. The van der Waals surface area contributed by atoms with E-state index in [1.54, 1.807) is 23.5 Å². The van der Waals surface area contributed by atoms with Crippen molar-refractivity contribution in [3.05, 3.63) is 0 Å². The fourth-order valence-electron chi connectivity index (χ4n) is 8.28. The summed E-state index contributed by atoms with van der Waals surface area (Å²) in [5, 5.41) is 0. The van der Waals surface area contributed by atoms with E-state index in [9.17, 15) is 9.59 Å². The van der Waals surface area contributed by atoms with E-state index >= 15 is 0 Å². The predicted octanol–water partition coefficient (Wildman–Crippen LogP) is 18.7. The Bertz CT molecular complexity index is 791. The summed E-state index contributed by atoms with van der Waals surface area (Å²) >= 11 is -0.549. The van der Waals surface area contributed by atoms with Crippen LogP contribution in [0.5, 0.6) is 0 Å². The first-order valence-corrected chi connectivity index (χ1v) is 35.3. The molecule has 0 saturated carbocycles. The molecule has 0 aliphatic rings. The summed E-state index contributed by atoms with van der Waals surface area (Å²) in [5.74, 6) is 2.61. The summed E-state index contributed by atoms with van der Waals surface area (Å²) in [6.45, 7) is 9.13. The predicted molar refractivity (Wildman–Crippen MR) is 270 cm³/mol. The number of hydrogen-bond donors (Lipinski definition) is 0. The van der Waals surface area contributed by atoms with Crippen molar-refractivity contribution in [3.8, 4) is 0 Å². The SMILES string of the molecule is CCCCCCCCCCCCSCC(=O)[O][Sn]([CH2]CCCCCCCCCCC)([CH2]CCCCCCCCCCC)[O]C(=O)CSCCCCCCCCCCCC. The average Bonchev–Trinajstić information content (AvgIpc) is 3.23. The first-order chi connectivity index (χ1) is 29.0. The van der Waals surface area contributed by atoms with Crippen molar-refractivity contribution in [3.63, 3.8) is 0 Å². The molecule has 4 nitrogen and oxygen atoms in total. The number of hydrogen-bond acceptors (Lipinski definition) is 6. The topological polar surface area (TPSA) is 52.6 Å². The van der Waals surface area contributed by atoms with Crippen LogP contribution in [0.1, 0.15) is 285 Å². The molecule has 0 radical (unpaired) electrons. The van der Waals surface area contributed by atoms with Gasteiger partial charge in [0.25, 0.3) is 0 Å². The van der Waals surface area contributed by atoms with Crippen molar-refractivity contribution in [1.82, 2.24) is 0 Å². The van der Waals surface area contributed by atoms with E-state index in [2.05, 4.69) is 27.7 Å². The molecule has 0 spiro atoms. The van der Waals surface area contributed by atoms with Crippen molar-refractivity contribution in [2.45, 2.75) is 293 Å². The van der Waals surface area contributed by atoms with Gasteiger partial charge in [0.2, 0.25) is 0 Å². The zero-order valence-corrected chi connectivity index (χ0v) is 45.0. The monoisotopic (exact) mass is 977 g/mol. The van der Waals surface area contributed by atoms with Gasteiger partial charge in [-0.3, -0.25) is 0 Å². The Morgan fingerprint density at radius 2 is 0.508 bits per heavy atom. The summed E-state index contributed by atoms with van der Waals surface area (Å²) in [7, 11) is 0. The Kier molecular flexibility index (Phi) is 49.8. The third kappa shape index (κ3) is 44.8. The molecule has 0 bridgehead atoms. The van der Waals surface area contributed by atoms with Gasteiger partial charge in [-0.25, -0.2) is 0 Å². The second kappa shape index (κ2) is 49.5. The van der Waals surface area contributed by atoms with Crippen LogP contribution >= 0.6 is 23.5 Å². The maximum absolute atomic E-state index is 13.6. The normalized spacial score (nSPS) is 11.7. The van der Waals surface area contributed by atoms with Gasteiger partial charge in [0.15, 0.2) is 0 Å². The molecule has 0 amide bonds. The summed E-state index contributed by atoms with van der Waals surface area (Å²) in [4.78, 5) is 27.1. The van der Waals surface area contributed by atoms with Crippen LogP contribution in [0.3, 0.4) is 0 Å². The molecule has 352 valence electrons. The molecular formula is C52H104O4S2Sn. The van der Waals surface area contributed by atoms with E-state index in [4.69, 9.17) is 6.15 Å². The van der Waals surface area contributed by atoms with Gasteiger partial charge in [-0.05, 0) is 0 Å². The molecule has 0 N–H and O–H groups in total. The molecule has 0 rings (SSSR count). The smallest absolute Gasteiger partial charge is 0.0654 e. The first-order valence-electron chi connectivity index (χ1n) is 26.6. The molecule has 0 aliphatic carbocycles. The van der Waals surface area contributed by atoms with E-state index in [0.29, 0.717) is 11.5 Å². The Labute approximate surface area is 384 Å². The van der Waals surface area contributed by atoms with Crippen molar-refractivity contribution in [1.29, 1.82) is 0 Å². The molecule has 0 aliphatic heterocycles. The molecule has 0 fully saturated rings. The van der Waals surface area contributed by atoms with Crippen LogP contribution in [0.2, 0.25) is 8.87 Å². The second-order valence-corrected chi connectivity index (χ2v) is 29.6. The van der Waals surface area contributed by atoms with Crippen LogP contribution in [0.4, 0.5) is 0 Å². The minimum absolute atomic E-state index is 0.108. The number of unbranched alkanes of at least 4 members (excludes halogenated alkanes) is 36. The molecule has 0 unspecified atom stereocenters. The molecule has 0 saturated heterocycles. The van der Waals surface area contributed by atoms with Crippen LogP contribution in [0.25, 0.3) is 0 Å². The van der Waals surface area contributed by atoms with Gasteiger partial charge in [-0.15, -0.1) is 0 Å². The van der Waals surface area contributed by atoms with Crippen molar-refractivity contribution in [2.24, 2.45) is 0 Å². The standard InChI is InChI=1S/2C14H28O2S.2C12H25.Sn/c2*1-2-3-4-5-6-7-8-9-10-11-12-17-13-14(15)16;2*1-3-5-7-9-11-12-10-8-6-4-2;/h2*2-13H2,1H3,(H,15,16);2*1,3-12H2,2H3;/q;;;;+2/p-2. The molecular weight excluding hydrogens is 871 g/mol. The number of carbonyl (C=O) groups excluding carboxylic acids is 2. The average molecular weight is 976 g/mol. The fraction of sp³-hybridized carbons (Fsp3) is 0.962. The molecule has 0 aromatic heterocycles. The first kappa shape index (κ1) is 59.4. The Hall–Kier alpha value is 0.439. The molecule has 0 heterocycles. The Balaban J connectivity index is 5.15. The minimum atomic E-state index is -4.01. The van der Waals surface area contributed by atoms with Gasteiger partial charge >= 0.3 is 334 Å². The molecule has 0 aromatic carbocycles. The second-order valence-electron chi connectivity index (χ2n) is 18.2. The quantitative estimate of drug-likeness (QED) is 0.0447. The van der Waals surface area contributed by atoms with Gasteiger partial charge in [0, 0.05) is 0 Å². The van der Waals surface area contributed by atoms with Gasteiger partial charge in [-0.2, -0.15) is 0 Å². The molecule has 0 atom stereocenters. The summed E-state index contributed by atoms with van der Waals surface area (Å²) < 4.78 is 14.8. The van der Waals surface area contributed by atoms with Crippen LogP contribution in [-0.2, 0) is 15.7 Å². The van der Waals surface area contributed by atoms with E-state index < -0.39 is 19.2 Å². The summed E-state index contributed by atoms with van der Waals surface area (Å²) in [5.41, 5.74) is 0. The van der Waals surface area contributed by atoms with Crippen LogP contribution in [-0.4, -0.2) is 54.2 Å². The van der Waals surface area contributed by atoms with Crippen LogP contribution in [0, 0.1) is 0 Å². The fourth-order valence-corrected chi connectivity index (χ4v) is 19.7. The van der Waals surface area contributed by atoms with E-state index in [0.717, 1.165) is 46.1 Å². The van der Waals surface area contributed by atoms with Crippen LogP contribution < -0.4 is 0 Å². The van der Waals surface area contributed by atoms with E-state index in [1.165, 1.54) is 231 Å². The Morgan fingerprint density at radius 3 is 0.746 bits per heavy atom. The van der Waals surface area contributed by atoms with Gasteiger partial charge in [0.05, 0.1) is 0 Å². The van der Waals surface area contributed by atoms with Crippen molar-refractivity contribution < 1.29 is 15.7 Å². The van der Waals surface area contributed by atoms with Crippen molar-refractivity contribution >= 4 is 54.7 Å². The van der Waals surface area contributed by atoms with E-state index in [-0.39, 0.29) is 11.9 Å². The zero-order chi connectivity index (χ0) is 43.0. The summed E-state index contributed by atoms with van der Waals surface area (Å²) in [6, 6.07) is 0. The Morgan fingerprint density at radius 1 is 0.305 bits per heavy atom. The van der Waals surface area contributed by atoms with Gasteiger partial charge in [-0.1, -0.05) is 52.4 Å². The third-order valence-electron chi connectivity index (χ3n) is 12.1. The molecule has 0 aromatic rings. The van der Waals surface area contributed by atoms with Crippen LogP contribution in [0.15, 0.2) is 0 Å². The number of rotatable bonds is 50. The summed E-state index contributed by atoms with van der Waals surface area (Å²) in [6.07, 6.45) is 52.2. The zero-order valence-electron chi connectivity index (χ0n) is 40.5.